The molecule has 120 heavy (non-hydrogen) atoms. The molecule has 6 atom stereocenters. The van der Waals surface area contributed by atoms with E-state index in [-0.39, 0.29) is 117 Å². The van der Waals surface area contributed by atoms with Crippen molar-refractivity contribution in [3.8, 4) is 51.7 Å². The third-order valence-electron chi connectivity index (χ3n) is 19.0. The molecule has 0 saturated carbocycles. The van der Waals surface area contributed by atoms with Gasteiger partial charge in [0.05, 0.1) is 14.2 Å². The summed E-state index contributed by atoms with van der Waals surface area (Å²) in [6.45, 7) is 20.5. The van der Waals surface area contributed by atoms with Crippen molar-refractivity contribution < 1.29 is 86.7 Å². The number of aryl methyl sites for hydroxylation is 2. The smallest absolute Gasteiger partial charge is 0.333 e. The summed E-state index contributed by atoms with van der Waals surface area (Å²) < 4.78 is 56.1. The summed E-state index contributed by atoms with van der Waals surface area (Å²) in [7, 11) is 3.26. The summed E-state index contributed by atoms with van der Waals surface area (Å²) in [6.07, 6.45) is -3.07. The number of hydrogen-bond donors (Lipinski definition) is 3. The number of carbonyl (C=O) groups excluding carboxylic acids is 5. The lowest BCUT2D eigenvalue weighted by molar-refractivity contribution is -0.143. The first-order valence-electron chi connectivity index (χ1n) is 37.3. The zero-order valence-corrected chi connectivity index (χ0v) is 65.6. The quantitative estimate of drug-likeness (QED) is 0.0109. The largest absolute Gasteiger partial charge is 0.497 e. The van der Waals surface area contributed by atoms with Crippen molar-refractivity contribution in [2.75, 3.05) is 53.9 Å². The maximum absolute atomic E-state index is 13.1. The molecule has 630 valence electrons. The molecule has 0 aliphatic heterocycles. The van der Waals surface area contributed by atoms with Crippen LogP contribution in [-0.2, 0) is 34.0 Å². The van der Waals surface area contributed by atoms with Crippen molar-refractivity contribution in [2.24, 2.45) is 0 Å². The molecule has 0 bridgehead atoms. The minimum atomic E-state index is -1.05. The topological polar surface area (TPSA) is 238 Å². The van der Waals surface area contributed by atoms with Gasteiger partial charge in [-0.25, -0.2) is 14.4 Å². The molecular weight excluding hydrogens is 1510 g/mol. The molecule has 18 heteroatoms. The second-order valence-corrected chi connectivity index (χ2v) is 28.0. The molecule has 0 aliphatic carbocycles. The Morgan fingerprint density at radius 2 is 0.500 bits per heavy atom. The number of ketones is 2. The number of methoxy groups -OCH3 is 2. The fraction of sp³-hybridized carbons (Fsp3) is 0.245. The number of rotatable bonds is 36. The predicted molar refractivity (Wildman–Crippen MR) is 475 cm³/mol. The summed E-state index contributed by atoms with van der Waals surface area (Å²) in [6, 6.07) is 84.0. The van der Waals surface area contributed by atoms with E-state index in [1.807, 2.05) is 220 Å². The Morgan fingerprint density at radius 1 is 0.300 bits per heavy atom. The van der Waals surface area contributed by atoms with Crippen LogP contribution in [0.3, 0.4) is 0 Å². The lowest BCUT2D eigenvalue weighted by Crippen LogP contribution is -2.26. The van der Waals surface area contributed by atoms with Crippen LogP contribution < -0.4 is 33.2 Å². The Kier molecular flexibility index (Phi) is 37.9. The zero-order valence-electron chi connectivity index (χ0n) is 65.6. The van der Waals surface area contributed by atoms with Gasteiger partial charge < -0.3 is 62.7 Å². The monoisotopic (exact) mass is 1630 g/mol. The van der Waals surface area contributed by atoms with Crippen LogP contribution in [0.4, 0.5) is 0 Å². The molecule has 18 nitrogen and oxygen atoms in total. The van der Waals surface area contributed by atoms with Crippen molar-refractivity contribution in [1.82, 2.24) is 0 Å². The van der Waals surface area contributed by atoms with E-state index in [4.69, 9.17) is 47.4 Å². The van der Waals surface area contributed by atoms with Gasteiger partial charge >= 0.3 is 17.9 Å². The molecule has 0 heterocycles. The van der Waals surface area contributed by atoms with Gasteiger partial charge in [0.1, 0.15) is 110 Å². The van der Waals surface area contributed by atoms with Gasteiger partial charge in [0.25, 0.3) is 0 Å². The number of esters is 3. The Hall–Kier alpha value is -13.1. The highest BCUT2D eigenvalue weighted by Crippen LogP contribution is 2.46. The van der Waals surface area contributed by atoms with Crippen LogP contribution in [0.1, 0.15) is 159 Å². The summed E-state index contributed by atoms with van der Waals surface area (Å²) in [4.78, 5) is 61.2. The minimum Gasteiger partial charge on any atom is -0.497 e. The van der Waals surface area contributed by atoms with Crippen LogP contribution >= 0.6 is 0 Å². The summed E-state index contributed by atoms with van der Waals surface area (Å²) >= 11 is 0. The number of ether oxygens (including phenoxy) is 10. The van der Waals surface area contributed by atoms with Gasteiger partial charge in [-0.3, -0.25) is 9.59 Å². The van der Waals surface area contributed by atoms with E-state index in [2.05, 4.69) is 38.8 Å². The molecule has 11 aromatic rings. The van der Waals surface area contributed by atoms with E-state index < -0.39 is 41.6 Å². The molecule has 0 radical (unpaired) electrons. The molecule has 3 N–H and O–H groups in total. The summed E-state index contributed by atoms with van der Waals surface area (Å²) in [5.74, 6) is 3.16. The van der Waals surface area contributed by atoms with Crippen LogP contribution in [0.25, 0.3) is 0 Å². The molecule has 11 aromatic carbocycles. The first kappa shape index (κ1) is 97.4. The summed E-state index contributed by atoms with van der Waals surface area (Å²) in [5, 5.41) is 31.0. The minimum absolute atomic E-state index is 0. The van der Waals surface area contributed by atoms with Crippen LogP contribution in [0.15, 0.2) is 303 Å². The first-order valence-corrected chi connectivity index (χ1v) is 37.3. The number of benzene rings is 11. The molecule has 0 spiro atoms. The number of hydrogen-bond acceptors (Lipinski definition) is 18. The van der Waals surface area contributed by atoms with Gasteiger partial charge in [0.2, 0.25) is 0 Å². The average molecular weight is 1630 g/mol. The molecular formula is C102H114O18. The molecule has 0 amide bonds. The van der Waals surface area contributed by atoms with Gasteiger partial charge in [0.15, 0.2) is 11.6 Å². The Morgan fingerprint density at radius 3 is 0.742 bits per heavy atom. The van der Waals surface area contributed by atoms with E-state index in [0.717, 1.165) is 55.8 Å². The molecule has 11 rings (SSSR count). The molecule has 0 saturated heterocycles. The van der Waals surface area contributed by atoms with Crippen molar-refractivity contribution in [1.29, 1.82) is 0 Å². The van der Waals surface area contributed by atoms with E-state index in [0.29, 0.717) is 68.2 Å². The first-order chi connectivity index (χ1) is 55.3. The summed E-state index contributed by atoms with van der Waals surface area (Å²) in [5.41, 5.74) is 11.8. The van der Waals surface area contributed by atoms with E-state index in [1.54, 1.807) is 69.7 Å². The Balaban J connectivity index is 0.000000426. The average Bonchev–Trinajstić information content (AvgIpc) is 0.783. The molecule has 0 aromatic heterocycles. The zero-order chi connectivity index (χ0) is 82.1. The predicted octanol–water partition coefficient (Wildman–Crippen LogP) is 21.1. The standard InChI is InChI=1S/C55H54O11.C42H40O7.5CH4/c1-35(2)54(59)64-33-44(56)31-62-47-23-13-39(14-24-47)51(38-11-21-46(61-6)22-12-38)52(40-15-25-48(26-16-40)63-32-45(57)34-65-55(60)36(3)4)41-17-27-49(28-18-41)66-50-29-19-43(20-30-50)53(58)42-9-7-37(5)8-10-42;1-28(2)41(45)48-27-35(43)26-47-37-22-14-33(15-23-37)42(4,32-12-20-36(46-5)21-13-32)34-16-24-39(25-17-34)49-38-18-10-31(11-19-38)40(44)30-8-6-29(3)7-9-30;;;;;/h7-30,44-45,51-52,56-57H,1,3,31-34H2,2,4-6H3;6-25,35,43H,1,26-27H2,2-5H3;5*1H4. The Bertz CT molecular complexity index is 5080. The fourth-order valence-electron chi connectivity index (χ4n) is 12.4. The van der Waals surface area contributed by atoms with Crippen LogP contribution in [0, 0.1) is 13.8 Å². The third-order valence-corrected chi connectivity index (χ3v) is 19.0. The van der Waals surface area contributed by atoms with Crippen molar-refractivity contribution >= 4 is 29.5 Å². The number of carbonyl (C=O) groups is 5. The van der Waals surface area contributed by atoms with Crippen LogP contribution in [0.2, 0.25) is 0 Å². The number of aliphatic hydroxyl groups is 3. The number of aliphatic hydroxyl groups excluding tert-OH is 3. The second-order valence-electron chi connectivity index (χ2n) is 28.0. The fourth-order valence-corrected chi connectivity index (χ4v) is 12.4. The third kappa shape index (κ3) is 27.0. The lowest BCUT2D eigenvalue weighted by atomic mass is 9.71. The van der Waals surface area contributed by atoms with Crippen molar-refractivity contribution in [2.45, 2.75) is 114 Å². The van der Waals surface area contributed by atoms with Crippen LogP contribution in [-0.4, -0.2) is 117 Å². The van der Waals surface area contributed by atoms with E-state index in [1.165, 1.54) is 13.8 Å². The second kappa shape index (κ2) is 46.7. The van der Waals surface area contributed by atoms with Gasteiger partial charge in [-0.15, -0.1) is 0 Å². The van der Waals surface area contributed by atoms with Gasteiger partial charge in [0, 0.05) is 56.2 Å². The molecule has 0 fully saturated rings. The van der Waals surface area contributed by atoms with Crippen molar-refractivity contribution in [3.63, 3.8) is 0 Å². The normalized spacial score (nSPS) is 12.2. The maximum Gasteiger partial charge on any atom is 0.333 e. The maximum atomic E-state index is 13.1. The van der Waals surface area contributed by atoms with Gasteiger partial charge in [-0.05, 0) is 214 Å². The SMILES string of the molecule is C.C.C.C.C.C=C(C)C(=O)OCC(O)COc1ccc(C(C)(c2ccc(OC)cc2)c2ccc(Oc3ccc(C(=O)c4ccc(C)cc4)cc3)cc2)cc1.C=C(C)C(=O)OCC(O)COc1ccc(C(c2ccc(OC)cc2)C(c2ccc(OCC(O)COC(=O)C(=C)C)cc2)c2ccc(Oc3ccc(C(=O)c4ccc(C)cc4)cc3)cc2)cc1. The van der Waals surface area contributed by atoms with E-state index >= 15 is 0 Å². The van der Waals surface area contributed by atoms with E-state index in [9.17, 15) is 39.3 Å². The molecule has 0 aliphatic rings. The van der Waals surface area contributed by atoms with Gasteiger partial charge in [-0.1, -0.05) is 201 Å². The Labute approximate surface area is 707 Å². The van der Waals surface area contributed by atoms with Crippen LogP contribution in [0.5, 0.6) is 51.7 Å². The highest BCUT2D eigenvalue weighted by Gasteiger charge is 2.33. The van der Waals surface area contributed by atoms with Crippen molar-refractivity contribution in [3.05, 3.63) is 376 Å². The highest BCUT2D eigenvalue weighted by molar-refractivity contribution is 6.09. The molecule has 6 unspecified atom stereocenters. The lowest BCUT2D eigenvalue weighted by Gasteiger charge is -2.32. The highest BCUT2D eigenvalue weighted by atomic mass is 16.6. The van der Waals surface area contributed by atoms with Gasteiger partial charge in [-0.2, -0.15) is 0 Å².